The maximum Gasteiger partial charge on any atom is 0.421 e. The normalized spacial score (nSPS) is 16.5. The summed E-state index contributed by atoms with van der Waals surface area (Å²) >= 11 is 1.16. The fraction of sp³-hybridized carbons (Fsp3) is 0.533. The van der Waals surface area contributed by atoms with Crippen LogP contribution in [-0.4, -0.2) is 30.7 Å². The molecule has 0 aromatic carbocycles. The largest absolute Gasteiger partial charge is 0.465 e. The zero-order valence-electron chi connectivity index (χ0n) is 13.5. The van der Waals surface area contributed by atoms with Gasteiger partial charge in [0.2, 0.25) is 5.91 Å². The predicted molar refractivity (Wildman–Crippen MR) is 82.4 cm³/mol. The van der Waals surface area contributed by atoms with Crippen LogP contribution in [-0.2, 0) is 19.7 Å². The number of amides is 2. The van der Waals surface area contributed by atoms with Gasteiger partial charge in [0.15, 0.2) is 0 Å². The Morgan fingerprint density at radius 2 is 1.86 bits per heavy atom. The number of carbonyl (C=O) groups excluding carboxylic acids is 3. The first-order valence-electron chi connectivity index (χ1n) is 6.79. The third-order valence-corrected chi connectivity index (χ3v) is 4.65. The molecule has 0 saturated heterocycles. The summed E-state index contributed by atoms with van der Waals surface area (Å²) in [4.78, 5) is 38.6. The summed E-state index contributed by atoms with van der Waals surface area (Å²) < 4.78 is 9.99. The number of thiophene rings is 1. The van der Waals surface area contributed by atoms with Crippen molar-refractivity contribution in [1.82, 2.24) is 0 Å². The first-order chi connectivity index (χ1) is 9.99. The minimum atomic E-state index is -0.886. The van der Waals surface area contributed by atoms with E-state index in [1.54, 1.807) is 34.6 Å². The molecule has 2 heterocycles. The van der Waals surface area contributed by atoms with E-state index < -0.39 is 23.1 Å². The van der Waals surface area contributed by atoms with Gasteiger partial charge in [-0.05, 0) is 40.7 Å². The average molecular weight is 325 g/mol. The summed E-state index contributed by atoms with van der Waals surface area (Å²) in [5.74, 6) is -0.855. The van der Waals surface area contributed by atoms with E-state index in [1.165, 1.54) is 13.2 Å². The second kappa shape index (κ2) is 5.08. The molecule has 1 aliphatic heterocycles. The third-order valence-electron chi connectivity index (χ3n) is 3.22. The lowest BCUT2D eigenvalue weighted by molar-refractivity contribution is -0.121. The number of rotatable bonds is 1. The van der Waals surface area contributed by atoms with E-state index >= 15 is 0 Å². The molecule has 6 nitrogen and oxygen atoms in total. The highest BCUT2D eigenvalue weighted by molar-refractivity contribution is 7.15. The summed E-state index contributed by atoms with van der Waals surface area (Å²) in [5, 5.41) is 0. The quantitative estimate of drug-likeness (QED) is 0.742. The summed E-state index contributed by atoms with van der Waals surface area (Å²) in [6.45, 7) is 8.62. The maximum absolute atomic E-state index is 12.5. The topological polar surface area (TPSA) is 72.9 Å². The molecule has 120 valence electrons. The van der Waals surface area contributed by atoms with Crippen molar-refractivity contribution in [2.75, 3.05) is 12.0 Å². The molecule has 7 heteroatoms. The predicted octanol–water partition coefficient (Wildman–Crippen LogP) is 3.09. The molecule has 1 aromatic rings. The minimum Gasteiger partial charge on any atom is -0.465 e. The fourth-order valence-corrected chi connectivity index (χ4v) is 3.33. The lowest BCUT2D eigenvalue weighted by atomic mass is 9.93. The number of hydrogen-bond donors (Lipinski definition) is 0. The Bertz CT molecular complexity index is 653. The Morgan fingerprint density at radius 1 is 1.27 bits per heavy atom. The van der Waals surface area contributed by atoms with Crippen LogP contribution in [0.25, 0.3) is 0 Å². The molecule has 0 bridgehead atoms. The zero-order chi connectivity index (χ0) is 16.9. The number of imide groups is 1. The van der Waals surface area contributed by atoms with Crippen LogP contribution in [0.1, 0.15) is 49.2 Å². The number of methoxy groups -OCH3 is 1. The summed E-state index contributed by atoms with van der Waals surface area (Å²) in [5.41, 5.74) is -1.20. The van der Waals surface area contributed by atoms with Crippen molar-refractivity contribution >= 4 is 35.0 Å². The highest BCUT2D eigenvalue weighted by Crippen LogP contribution is 2.47. The van der Waals surface area contributed by atoms with Gasteiger partial charge >= 0.3 is 12.1 Å². The number of anilines is 1. The second-order valence-electron chi connectivity index (χ2n) is 6.56. The number of esters is 1. The molecule has 0 unspecified atom stereocenters. The van der Waals surface area contributed by atoms with Crippen molar-refractivity contribution in [1.29, 1.82) is 0 Å². The Morgan fingerprint density at radius 3 is 2.36 bits per heavy atom. The number of fused-ring (bicyclic) bond motifs is 1. The van der Waals surface area contributed by atoms with Crippen LogP contribution in [0.2, 0.25) is 0 Å². The molecule has 0 radical (unpaired) electrons. The number of hydrogen-bond acceptors (Lipinski definition) is 6. The van der Waals surface area contributed by atoms with Gasteiger partial charge < -0.3 is 9.47 Å². The number of ether oxygens (including phenoxy) is 2. The molecule has 0 spiro atoms. The van der Waals surface area contributed by atoms with Gasteiger partial charge in [-0.1, -0.05) is 0 Å². The molecule has 1 aromatic heterocycles. The lowest BCUT2D eigenvalue weighted by Crippen LogP contribution is -2.43. The van der Waals surface area contributed by atoms with Crippen LogP contribution in [0.15, 0.2) is 6.07 Å². The van der Waals surface area contributed by atoms with E-state index in [4.69, 9.17) is 9.47 Å². The number of carbonyl (C=O) groups is 3. The lowest BCUT2D eigenvalue weighted by Gasteiger charge is -2.24. The van der Waals surface area contributed by atoms with Crippen molar-refractivity contribution < 1.29 is 23.9 Å². The van der Waals surface area contributed by atoms with Gasteiger partial charge in [-0.25, -0.2) is 14.5 Å². The number of nitrogens with zero attached hydrogens (tertiary/aromatic N) is 1. The molecular formula is C15H19NO5S. The molecule has 0 atom stereocenters. The molecule has 2 rings (SSSR count). The van der Waals surface area contributed by atoms with Gasteiger partial charge in [0.1, 0.15) is 10.5 Å². The fourth-order valence-electron chi connectivity index (χ4n) is 2.17. The highest BCUT2D eigenvalue weighted by Gasteiger charge is 2.50. The van der Waals surface area contributed by atoms with Crippen molar-refractivity contribution in [3.63, 3.8) is 0 Å². The molecule has 0 saturated carbocycles. The Labute approximate surface area is 133 Å². The average Bonchev–Trinajstić information content (AvgIpc) is 2.87. The first-order valence-corrected chi connectivity index (χ1v) is 7.61. The van der Waals surface area contributed by atoms with Gasteiger partial charge in [0, 0.05) is 4.88 Å². The summed E-state index contributed by atoms with van der Waals surface area (Å²) in [6, 6.07) is 1.50. The second-order valence-corrected chi connectivity index (χ2v) is 7.61. The van der Waals surface area contributed by atoms with E-state index in [9.17, 15) is 14.4 Å². The Balaban J connectivity index is 2.47. The monoisotopic (exact) mass is 325 g/mol. The molecule has 2 amide bonds. The Hall–Kier alpha value is -1.89. The van der Waals surface area contributed by atoms with Crippen LogP contribution in [0.4, 0.5) is 10.5 Å². The van der Waals surface area contributed by atoms with E-state index in [-0.39, 0.29) is 5.91 Å². The smallest absolute Gasteiger partial charge is 0.421 e. The Kier molecular flexibility index (Phi) is 3.81. The van der Waals surface area contributed by atoms with Gasteiger partial charge in [-0.15, -0.1) is 11.3 Å². The van der Waals surface area contributed by atoms with Gasteiger partial charge in [-0.2, -0.15) is 0 Å². The molecule has 0 fully saturated rings. The maximum atomic E-state index is 12.5. The summed E-state index contributed by atoms with van der Waals surface area (Å²) in [7, 11) is 1.29. The summed E-state index contributed by atoms with van der Waals surface area (Å²) in [6.07, 6.45) is -0.737. The third kappa shape index (κ3) is 2.61. The van der Waals surface area contributed by atoms with Gasteiger partial charge in [-0.3, -0.25) is 4.79 Å². The van der Waals surface area contributed by atoms with Crippen molar-refractivity contribution in [2.24, 2.45) is 0 Å². The van der Waals surface area contributed by atoms with Crippen LogP contribution >= 0.6 is 11.3 Å². The van der Waals surface area contributed by atoms with Crippen LogP contribution < -0.4 is 4.90 Å². The van der Waals surface area contributed by atoms with E-state index in [2.05, 4.69) is 0 Å². The molecule has 0 aliphatic carbocycles. The minimum absolute atomic E-state index is 0.349. The van der Waals surface area contributed by atoms with Crippen molar-refractivity contribution in [2.45, 2.75) is 45.6 Å². The molecular weight excluding hydrogens is 306 g/mol. The van der Waals surface area contributed by atoms with E-state index in [0.29, 0.717) is 15.4 Å². The standard InChI is InChI=1S/C15H19NO5S/c1-14(2,3)21-13(19)16-8-7-9(11(17)20-6)22-10(8)15(4,5)12(16)18/h7H,1-6H3. The van der Waals surface area contributed by atoms with Crippen LogP contribution in [0.5, 0.6) is 0 Å². The van der Waals surface area contributed by atoms with Crippen molar-refractivity contribution in [3.05, 3.63) is 15.8 Å². The zero-order valence-corrected chi connectivity index (χ0v) is 14.3. The van der Waals surface area contributed by atoms with Crippen molar-refractivity contribution in [3.8, 4) is 0 Å². The first kappa shape index (κ1) is 16.5. The van der Waals surface area contributed by atoms with E-state index in [1.807, 2.05) is 0 Å². The molecule has 0 N–H and O–H groups in total. The van der Waals surface area contributed by atoms with Gasteiger partial charge in [0.25, 0.3) is 0 Å². The highest BCUT2D eigenvalue weighted by atomic mass is 32.1. The molecule has 1 aliphatic rings. The SMILES string of the molecule is COC(=O)c1cc2c(s1)C(C)(C)C(=O)N2C(=O)OC(C)(C)C. The van der Waals surface area contributed by atoms with Gasteiger partial charge in [0.05, 0.1) is 18.2 Å². The van der Waals surface area contributed by atoms with Crippen LogP contribution in [0.3, 0.4) is 0 Å². The molecule has 22 heavy (non-hydrogen) atoms. The van der Waals surface area contributed by atoms with Crippen LogP contribution in [0, 0.1) is 0 Å². The van der Waals surface area contributed by atoms with E-state index in [0.717, 1.165) is 16.2 Å².